The van der Waals surface area contributed by atoms with Gasteiger partial charge in [0.1, 0.15) is 27.4 Å². The molecule has 1 spiro atoms. The van der Waals surface area contributed by atoms with Crippen molar-refractivity contribution in [2.75, 3.05) is 20.2 Å². The number of fused-ring (bicyclic) bond motifs is 1. The minimum absolute atomic E-state index is 0.277. The Balaban J connectivity index is 1.89. The van der Waals surface area contributed by atoms with Crippen LogP contribution in [0, 0.1) is 5.41 Å². The van der Waals surface area contributed by atoms with Crippen molar-refractivity contribution >= 4 is 23.2 Å². The number of piperidine rings is 1. The highest BCUT2D eigenvalue weighted by molar-refractivity contribution is 7.91. The van der Waals surface area contributed by atoms with Crippen molar-refractivity contribution in [3.05, 3.63) is 23.4 Å². The SMILES string of the molecule is COc1ccc2c(n1)CC1(CCN(C(=O)OC(C)(C)C)CC1)C2=N[S+]([O-])C(C)(C)C. The largest absolute Gasteiger partial charge is 0.591 e. The van der Waals surface area contributed by atoms with Gasteiger partial charge in [0.2, 0.25) is 5.88 Å². The Morgan fingerprint density at radius 2 is 1.83 bits per heavy atom. The Kier molecular flexibility index (Phi) is 6.13. The minimum Gasteiger partial charge on any atom is -0.591 e. The van der Waals surface area contributed by atoms with Crippen molar-refractivity contribution in [1.29, 1.82) is 0 Å². The molecule has 1 aromatic heterocycles. The molecule has 1 aromatic rings. The summed E-state index contributed by atoms with van der Waals surface area (Å²) in [5.41, 5.74) is 1.92. The van der Waals surface area contributed by atoms with Crippen molar-refractivity contribution in [3.8, 4) is 5.88 Å². The van der Waals surface area contributed by atoms with E-state index in [4.69, 9.17) is 13.9 Å². The fraction of sp³-hybridized carbons (Fsp3) is 0.682. The van der Waals surface area contributed by atoms with Crippen LogP contribution in [0.5, 0.6) is 5.88 Å². The van der Waals surface area contributed by atoms with Crippen molar-refractivity contribution in [3.63, 3.8) is 0 Å². The lowest BCUT2D eigenvalue weighted by atomic mass is 9.75. The van der Waals surface area contributed by atoms with Crippen LogP contribution in [0.1, 0.15) is 65.6 Å². The fourth-order valence-electron chi connectivity index (χ4n) is 3.86. The molecule has 1 saturated heterocycles. The number of ether oxygens (including phenoxy) is 2. The van der Waals surface area contributed by atoms with Crippen LogP contribution in [0.25, 0.3) is 0 Å². The van der Waals surface area contributed by atoms with Crippen molar-refractivity contribution in [2.45, 2.75) is 71.2 Å². The van der Waals surface area contributed by atoms with Gasteiger partial charge in [-0.1, -0.05) is 4.40 Å². The summed E-state index contributed by atoms with van der Waals surface area (Å²) < 4.78 is 28.0. The molecule has 2 aliphatic rings. The molecule has 0 N–H and O–H groups in total. The zero-order valence-corrected chi connectivity index (χ0v) is 19.9. The summed E-state index contributed by atoms with van der Waals surface area (Å²) in [6.45, 7) is 12.5. The molecular weight excluding hydrogens is 402 g/mol. The third kappa shape index (κ3) is 4.75. The Hall–Kier alpha value is -1.80. The van der Waals surface area contributed by atoms with E-state index in [0.29, 0.717) is 25.4 Å². The number of carbonyl (C=O) groups is 1. The molecule has 7 nitrogen and oxygen atoms in total. The molecule has 8 heteroatoms. The Morgan fingerprint density at radius 1 is 1.20 bits per heavy atom. The van der Waals surface area contributed by atoms with Crippen molar-refractivity contribution in [1.82, 2.24) is 9.88 Å². The van der Waals surface area contributed by atoms with Gasteiger partial charge in [-0.2, -0.15) is 0 Å². The number of rotatable bonds is 2. The highest BCUT2D eigenvalue weighted by atomic mass is 32.2. The summed E-state index contributed by atoms with van der Waals surface area (Å²) in [7, 11) is 1.60. The number of methoxy groups -OCH3 is 1. The molecule has 30 heavy (non-hydrogen) atoms. The average Bonchev–Trinajstić information content (AvgIpc) is 2.92. The van der Waals surface area contributed by atoms with E-state index in [1.54, 1.807) is 12.0 Å². The van der Waals surface area contributed by atoms with Gasteiger partial charge in [-0.25, -0.2) is 9.78 Å². The standard InChI is InChI=1S/C22H33N3O4S/c1-20(2,3)29-19(26)25-12-10-22(11-13-25)14-16-15(8-9-17(23-16)28-7)18(22)24-30(27)21(4,5)6/h8-9H,10-14H2,1-7H3. The van der Waals surface area contributed by atoms with E-state index >= 15 is 0 Å². The summed E-state index contributed by atoms with van der Waals surface area (Å²) in [4.78, 5) is 18.9. The van der Waals surface area contributed by atoms with Crippen LogP contribution in [-0.4, -0.2) is 56.8 Å². The van der Waals surface area contributed by atoms with E-state index in [9.17, 15) is 9.35 Å². The predicted octanol–water partition coefficient (Wildman–Crippen LogP) is 3.91. The third-order valence-corrected chi connectivity index (χ3v) is 6.89. The monoisotopic (exact) mass is 435 g/mol. The maximum absolute atomic E-state index is 12.9. The number of pyridine rings is 1. The summed E-state index contributed by atoms with van der Waals surface area (Å²) in [5, 5.41) is 0. The van der Waals surface area contributed by atoms with Gasteiger partial charge >= 0.3 is 6.09 Å². The third-order valence-electron chi connectivity index (χ3n) is 5.49. The highest BCUT2D eigenvalue weighted by Crippen LogP contribution is 2.46. The van der Waals surface area contributed by atoms with E-state index in [1.165, 1.54) is 0 Å². The normalized spacial score (nSPS) is 20.9. The Morgan fingerprint density at radius 3 is 2.37 bits per heavy atom. The van der Waals surface area contributed by atoms with E-state index in [0.717, 1.165) is 29.8 Å². The number of hydrogen-bond donors (Lipinski definition) is 0. The first-order valence-electron chi connectivity index (χ1n) is 10.4. The van der Waals surface area contributed by atoms with Gasteiger partial charge in [-0.15, -0.1) is 0 Å². The molecule has 0 bridgehead atoms. The van der Waals surface area contributed by atoms with E-state index in [-0.39, 0.29) is 11.5 Å². The Labute approximate surface area is 182 Å². The second kappa shape index (κ2) is 8.04. The first-order valence-corrected chi connectivity index (χ1v) is 11.5. The topological polar surface area (TPSA) is 87.1 Å². The van der Waals surface area contributed by atoms with Gasteiger partial charge < -0.3 is 18.9 Å². The molecular formula is C22H33N3O4S. The summed E-state index contributed by atoms with van der Waals surface area (Å²) in [6, 6.07) is 3.79. The van der Waals surface area contributed by atoms with E-state index in [2.05, 4.69) is 4.98 Å². The second-order valence-electron chi connectivity index (χ2n) is 10.1. The Bertz CT molecular complexity index is 834. The molecule has 1 fully saturated rings. The van der Waals surface area contributed by atoms with Crippen LogP contribution < -0.4 is 4.74 Å². The molecule has 1 amide bonds. The molecule has 2 heterocycles. The molecule has 3 rings (SSSR count). The van der Waals surface area contributed by atoms with E-state index < -0.39 is 21.7 Å². The number of nitrogens with zero attached hydrogens (tertiary/aromatic N) is 3. The van der Waals surface area contributed by atoms with Crippen LogP contribution in [-0.2, 0) is 22.5 Å². The zero-order chi connectivity index (χ0) is 22.3. The molecule has 1 aliphatic heterocycles. The second-order valence-corrected chi connectivity index (χ2v) is 12.0. The van der Waals surface area contributed by atoms with Gasteiger partial charge in [0.25, 0.3) is 0 Å². The first kappa shape index (κ1) is 22.9. The van der Waals surface area contributed by atoms with Gasteiger partial charge in [0.05, 0.1) is 12.8 Å². The number of aromatic nitrogens is 1. The summed E-state index contributed by atoms with van der Waals surface area (Å²) in [6.07, 6.45) is 1.88. The van der Waals surface area contributed by atoms with Gasteiger partial charge in [-0.3, -0.25) is 0 Å². The number of carbonyl (C=O) groups excluding carboxylic acids is 1. The van der Waals surface area contributed by atoms with Crippen LogP contribution in [0.4, 0.5) is 4.79 Å². The molecule has 1 aliphatic carbocycles. The summed E-state index contributed by atoms with van der Waals surface area (Å²) >= 11 is -1.38. The van der Waals surface area contributed by atoms with Gasteiger partial charge in [-0.05, 0) is 60.5 Å². The minimum atomic E-state index is -1.38. The van der Waals surface area contributed by atoms with Crippen LogP contribution in [0.15, 0.2) is 16.5 Å². The lowest BCUT2D eigenvalue weighted by Gasteiger charge is -2.39. The highest BCUT2D eigenvalue weighted by Gasteiger charge is 2.49. The average molecular weight is 436 g/mol. The van der Waals surface area contributed by atoms with Gasteiger partial charge in [0.15, 0.2) is 0 Å². The number of hydrogen-bond acceptors (Lipinski definition) is 6. The smallest absolute Gasteiger partial charge is 0.410 e. The van der Waals surface area contributed by atoms with E-state index in [1.807, 2.05) is 53.7 Å². The molecule has 166 valence electrons. The lowest BCUT2D eigenvalue weighted by molar-refractivity contribution is 0.0159. The maximum Gasteiger partial charge on any atom is 0.410 e. The molecule has 1 unspecified atom stereocenters. The van der Waals surface area contributed by atoms with Crippen molar-refractivity contribution in [2.24, 2.45) is 9.81 Å². The quantitative estimate of drug-likeness (QED) is 0.657. The molecule has 0 saturated carbocycles. The summed E-state index contributed by atoms with van der Waals surface area (Å²) in [5.74, 6) is 0.563. The van der Waals surface area contributed by atoms with Crippen LogP contribution in [0.2, 0.25) is 0 Å². The number of amides is 1. The van der Waals surface area contributed by atoms with Crippen LogP contribution >= 0.6 is 0 Å². The lowest BCUT2D eigenvalue weighted by Crippen LogP contribution is -2.47. The fourth-order valence-corrected chi connectivity index (χ4v) is 4.59. The van der Waals surface area contributed by atoms with Crippen molar-refractivity contribution < 1.29 is 18.8 Å². The van der Waals surface area contributed by atoms with Crippen LogP contribution in [0.3, 0.4) is 0 Å². The molecule has 1 atom stereocenters. The predicted molar refractivity (Wildman–Crippen MR) is 118 cm³/mol. The molecule has 0 radical (unpaired) electrons. The maximum atomic E-state index is 12.9. The zero-order valence-electron chi connectivity index (χ0n) is 19.1. The first-order chi connectivity index (χ1) is 13.8. The molecule has 0 aromatic carbocycles. The van der Waals surface area contributed by atoms with Gasteiger partial charge in [0, 0.05) is 36.6 Å². The number of likely N-dealkylation sites (tertiary alicyclic amines) is 1.